The van der Waals surface area contributed by atoms with Gasteiger partial charge >= 0.3 is 0 Å². The smallest absolute Gasteiger partial charge is 0.239 e. The summed E-state index contributed by atoms with van der Waals surface area (Å²) in [5.74, 6) is 1.11. The van der Waals surface area contributed by atoms with Crippen LogP contribution in [-0.4, -0.2) is 20.7 Å². The van der Waals surface area contributed by atoms with Crippen LogP contribution in [0, 0.1) is 0 Å². The lowest BCUT2D eigenvalue weighted by Crippen LogP contribution is -2.20. The third-order valence-electron chi connectivity index (χ3n) is 3.22. The maximum Gasteiger partial charge on any atom is 0.239 e. The molecule has 2 aromatic rings. The second-order valence-electron chi connectivity index (χ2n) is 4.89. The number of aromatic nitrogens is 2. The number of rotatable bonds is 3. The number of amides is 1. The van der Waals surface area contributed by atoms with E-state index in [9.17, 15) is 4.79 Å². The molecule has 5 heteroatoms. The van der Waals surface area contributed by atoms with Crippen LogP contribution in [0.25, 0.3) is 11.0 Å². The van der Waals surface area contributed by atoms with Crippen LogP contribution in [0.4, 0.5) is 5.82 Å². The molecule has 0 aromatic carbocycles. The molecule has 2 heterocycles. The minimum absolute atomic E-state index is 0.110. The van der Waals surface area contributed by atoms with E-state index < -0.39 is 0 Å². The molecule has 1 atom stereocenters. The van der Waals surface area contributed by atoms with Gasteiger partial charge in [-0.3, -0.25) is 4.79 Å². The average molecular weight is 320 g/mol. The normalized spacial score (nSPS) is 16.3. The number of nitrogens with zero attached hydrogens (tertiary/aromatic N) is 2. The van der Waals surface area contributed by atoms with Gasteiger partial charge in [0.15, 0.2) is 5.65 Å². The molecular formula is C14H14BrN3O. The van der Waals surface area contributed by atoms with Crippen LogP contribution in [-0.2, 0) is 4.79 Å². The number of fused-ring (bicyclic) bond motifs is 1. The van der Waals surface area contributed by atoms with Crippen molar-refractivity contribution in [3.63, 3.8) is 0 Å². The van der Waals surface area contributed by atoms with Crippen molar-refractivity contribution in [1.82, 2.24) is 9.97 Å². The Bertz CT molecular complexity index is 638. The summed E-state index contributed by atoms with van der Waals surface area (Å²) in [6.07, 6.45) is 4.42. The van der Waals surface area contributed by atoms with Gasteiger partial charge in [-0.25, -0.2) is 9.97 Å². The van der Waals surface area contributed by atoms with Crippen molar-refractivity contribution in [2.75, 3.05) is 5.32 Å². The largest absolute Gasteiger partial charge is 0.310 e. The molecule has 1 unspecified atom stereocenters. The number of carbonyl (C=O) groups excluding carboxylic acids is 1. The van der Waals surface area contributed by atoms with Crippen molar-refractivity contribution in [3.05, 3.63) is 30.0 Å². The first-order valence-corrected chi connectivity index (χ1v) is 7.26. The van der Waals surface area contributed by atoms with Crippen LogP contribution < -0.4 is 5.32 Å². The van der Waals surface area contributed by atoms with Crippen molar-refractivity contribution in [3.8, 4) is 0 Å². The Balaban J connectivity index is 1.88. The van der Waals surface area contributed by atoms with Crippen molar-refractivity contribution in [2.24, 2.45) is 0 Å². The number of carbonyl (C=O) groups is 1. The zero-order valence-corrected chi connectivity index (χ0v) is 12.1. The van der Waals surface area contributed by atoms with E-state index in [1.165, 1.54) is 18.4 Å². The first-order chi connectivity index (χ1) is 9.13. The highest BCUT2D eigenvalue weighted by Crippen LogP contribution is 2.40. The minimum Gasteiger partial charge on any atom is -0.310 e. The zero-order valence-electron chi connectivity index (χ0n) is 10.6. The second kappa shape index (κ2) is 4.89. The van der Waals surface area contributed by atoms with Gasteiger partial charge in [-0.1, -0.05) is 15.9 Å². The predicted octanol–water partition coefficient (Wildman–Crippen LogP) is 3.23. The summed E-state index contributed by atoms with van der Waals surface area (Å²) in [4.78, 5) is 20.1. The Morgan fingerprint density at radius 1 is 1.47 bits per heavy atom. The molecule has 1 N–H and O–H groups in total. The molecule has 0 radical (unpaired) electrons. The average Bonchev–Trinajstić information content (AvgIpc) is 3.22. The van der Waals surface area contributed by atoms with E-state index >= 15 is 0 Å². The lowest BCUT2D eigenvalue weighted by Gasteiger charge is -2.07. The fraction of sp³-hybridized carbons (Fsp3) is 0.357. The molecule has 2 aromatic heterocycles. The van der Waals surface area contributed by atoms with Gasteiger partial charge in [-0.05, 0) is 49.4 Å². The molecule has 3 rings (SSSR count). The topological polar surface area (TPSA) is 54.9 Å². The fourth-order valence-corrected chi connectivity index (χ4v) is 2.08. The molecule has 1 amide bonds. The Morgan fingerprint density at radius 2 is 2.26 bits per heavy atom. The molecule has 1 fully saturated rings. The van der Waals surface area contributed by atoms with Crippen LogP contribution in [0.5, 0.6) is 0 Å². The molecule has 0 aliphatic heterocycles. The first-order valence-electron chi connectivity index (χ1n) is 6.35. The first kappa shape index (κ1) is 12.5. The number of halogens is 1. The van der Waals surface area contributed by atoms with Crippen molar-refractivity contribution in [2.45, 2.75) is 30.5 Å². The summed E-state index contributed by atoms with van der Waals surface area (Å²) in [5, 5.41) is 3.77. The number of alkyl halides is 1. The van der Waals surface area contributed by atoms with Crippen molar-refractivity contribution < 1.29 is 4.79 Å². The van der Waals surface area contributed by atoms with Crippen LogP contribution in [0.2, 0.25) is 0 Å². The van der Waals surface area contributed by atoms with Gasteiger partial charge in [0.2, 0.25) is 5.91 Å². The van der Waals surface area contributed by atoms with Crippen LogP contribution in [0.1, 0.15) is 31.2 Å². The summed E-state index contributed by atoms with van der Waals surface area (Å²) in [5.41, 5.74) is 1.96. The highest BCUT2D eigenvalue weighted by atomic mass is 79.9. The fourth-order valence-electron chi connectivity index (χ4n) is 1.96. The number of hydrogen-bond donors (Lipinski definition) is 1. The van der Waals surface area contributed by atoms with Gasteiger partial charge in [0.25, 0.3) is 0 Å². The molecule has 1 aliphatic rings. The summed E-state index contributed by atoms with van der Waals surface area (Å²) in [6.45, 7) is 1.77. The van der Waals surface area contributed by atoms with E-state index in [0.29, 0.717) is 17.4 Å². The molecule has 0 spiro atoms. The minimum atomic E-state index is -0.241. The lowest BCUT2D eigenvalue weighted by molar-refractivity contribution is -0.115. The molecule has 19 heavy (non-hydrogen) atoms. The SMILES string of the molecule is CC(Br)C(=O)Nc1ccc2cc(C3CC3)cnc2n1. The van der Waals surface area contributed by atoms with Gasteiger partial charge in [-0.2, -0.15) is 0 Å². The number of anilines is 1. The van der Waals surface area contributed by atoms with E-state index in [4.69, 9.17) is 0 Å². The van der Waals surface area contributed by atoms with E-state index in [1.54, 1.807) is 6.92 Å². The molecule has 4 nitrogen and oxygen atoms in total. The van der Waals surface area contributed by atoms with E-state index in [2.05, 4.69) is 37.3 Å². The predicted molar refractivity (Wildman–Crippen MR) is 78.5 cm³/mol. The summed E-state index contributed by atoms with van der Waals surface area (Å²) < 4.78 is 0. The highest BCUT2D eigenvalue weighted by molar-refractivity contribution is 9.10. The van der Waals surface area contributed by atoms with Crippen LogP contribution >= 0.6 is 15.9 Å². The zero-order chi connectivity index (χ0) is 13.4. The Hall–Kier alpha value is -1.49. The van der Waals surface area contributed by atoms with Gasteiger partial charge in [0, 0.05) is 11.6 Å². The Labute approximate surface area is 119 Å². The molecule has 98 valence electrons. The molecular weight excluding hydrogens is 306 g/mol. The summed E-state index contributed by atoms with van der Waals surface area (Å²) in [6, 6.07) is 5.91. The van der Waals surface area contributed by atoms with Gasteiger partial charge in [0.05, 0.1) is 4.83 Å². The molecule has 1 aliphatic carbocycles. The third kappa shape index (κ3) is 2.76. The monoisotopic (exact) mass is 319 g/mol. The standard InChI is InChI=1S/C14H14BrN3O/c1-8(15)14(19)18-12-5-4-10-6-11(9-2-3-9)7-16-13(10)17-12/h4-9H,2-3H2,1H3,(H,16,17,18,19). The van der Waals surface area contributed by atoms with E-state index in [1.807, 2.05) is 18.3 Å². The third-order valence-corrected chi connectivity index (χ3v) is 3.64. The maximum absolute atomic E-state index is 11.6. The van der Waals surface area contributed by atoms with Gasteiger partial charge in [-0.15, -0.1) is 0 Å². The maximum atomic E-state index is 11.6. The Kier molecular flexibility index (Phi) is 3.22. The molecule has 1 saturated carbocycles. The number of pyridine rings is 2. The number of nitrogens with one attached hydrogen (secondary N) is 1. The van der Waals surface area contributed by atoms with Crippen LogP contribution in [0.3, 0.4) is 0 Å². The van der Waals surface area contributed by atoms with E-state index in [0.717, 1.165) is 5.39 Å². The lowest BCUT2D eigenvalue weighted by atomic mass is 10.1. The molecule has 0 saturated heterocycles. The van der Waals surface area contributed by atoms with Gasteiger partial charge < -0.3 is 5.32 Å². The summed E-state index contributed by atoms with van der Waals surface area (Å²) >= 11 is 3.22. The van der Waals surface area contributed by atoms with Gasteiger partial charge in [0.1, 0.15) is 5.82 Å². The van der Waals surface area contributed by atoms with Crippen molar-refractivity contribution >= 4 is 38.7 Å². The highest BCUT2D eigenvalue weighted by Gasteiger charge is 2.24. The van der Waals surface area contributed by atoms with E-state index in [-0.39, 0.29) is 10.7 Å². The molecule has 0 bridgehead atoms. The Morgan fingerprint density at radius 3 is 2.95 bits per heavy atom. The number of hydrogen-bond acceptors (Lipinski definition) is 3. The summed E-state index contributed by atoms with van der Waals surface area (Å²) in [7, 11) is 0. The van der Waals surface area contributed by atoms with Crippen molar-refractivity contribution in [1.29, 1.82) is 0 Å². The van der Waals surface area contributed by atoms with Crippen LogP contribution in [0.15, 0.2) is 24.4 Å². The second-order valence-corrected chi connectivity index (χ2v) is 6.26. The quantitative estimate of drug-likeness (QED) is 0.884.